The van der Waals surface area contributed by atoms with Crippen LogP contribution in [0.25, 0.3) is 0 Å². The van der Waals surface area contributed by atoms with E-state index in [2.05, 4.69) is 14.7 Å². The van der Waals surface area contributed by atoms with Gasteiger partial charge in [0.2, 0.25) is 5.88 Å². The van der Waals surface area contributed by atoms with Gasteiger partial charge in [0, 0.05) is 30.2 Å². The van der Waals surface area contributed by atoms with Crippen molar-refractivity contribution in [3.05, 3.63) is 53.2 Å². The first-order valence-electron chi connectivity index (χ1n) is 8.15. The molecule has 0 bridgehead atoms. The molecule has 0 unspecified atom stereocenters. The van der Waals surface area contributed by atoms with Crippen LogP contribution in [-0.4, -0.2) is 25.9 Å². The van der Waals surface area contributed by atoms with Crippen molar-refractivity contribution in [3.8, 4) is 5.88 Å². The second-order valence-corrected chi connectivity index (χ2v) is 9.13. The smallest absolute Gasteiger partial charge is 0.238 e. The second-order valence-electron chi connectivity index (χ2n) is 7.16. The lowest BCUT2D eigenvalue weighted by Crippen LogP contribution is -2.54. The molecular weight excluding hydrogens is 341 g/mol. The molecule has 0 fully saturated rings. The molecule has 1 N–H and O–H groups in total. The highest BCUT2D eigenvalue weighted by Crippen LogP contribution is 2.41. The lowest BCUT2D eigenvalue weighted by molar-refractivity contribution is 0.211. The number of nitrogens with one attached hydrogen (secondary N) is 1. The fourth-order valence-corrected chi connectivity index (χ4v) is 3.69. The molecular formula is C18H22FN3O2S. The van der Waals surface area contributed by atoms with Gasteiger partial charge in [-0.25, -0.2) is 9.37 Å². The number of halogens is 1. The number of nitrogens with zero attached hydrogens (tertiary/aromatic N) is 2. The quantitative estimate of drug-likeness (QED) is 0.849. The van der Waals surface area contributed by atoms with Crippen LogP contribution in [0.1, 0.15) is 44.0 Å². The van der Waals surface area contributed by atoms with E-state index in [0.717, 1.165) is 0 Å². The third kappa shape index (κ3) is 3.36. The molecule has 0 aliphatic carbocycles. The predicted molar refractivity (Wildman–Crippen MR) is 95.1 cm³/mol. The van der Waals surface area contributed by atoms with E-state index in [1.807, 2.05) is 26.8 Å². The molecule has 3 rings (SSSR count). The lowest BCUT2D eigenvalue weighted by atomic mass is 9.83. The van der Waals surface area contributed by atoms with Crippen LogP contribution < -0.4 is 9.46 Å². The van der Waals surface area contributed by atoms with Gasteiger partial charge >= 0.3 is 0 Å². The minimum atomic E-state index is -1.39. The van der Waals surface area contributed by atoms with E-state index in [-0.39, 0.29) is 5.82 Å². The normalized spacial score (nSPS) is 21.4. The molecule has 134 valence electrons. The number of hydrogen-bond acceptors (Lipinski definition) is 5. The Balaban J connectivity index is 2.18. The molecule has 1 aliphatic heterocycles. The summed E-state index contributed by atoms with van der Waals surface area (Å²) in [6, 6.07) is 5.04. The van der Waals surface area contributed by atoms with E-state index in [1.54, 1.807) is 25.4 Å². The van der Waals surface area contributed by atoms with Crippen molar-refractivity contribution in [2.75, 3.05) is 6.61 Å². The zero-order valence-corrected chi connectivity index (χ0v) is 15.6. The van der Waals surface area contributed by atoms with Crippen LogP contribution in [0.5, 0.6) is 5.88 Å². The molecule has 0 spiro atoms. The highest BCUT2D eigenvalue weighted by atomic mass is 32.2. The van der Waals surface area contributed by atoms with Crippen molar-refractivity contribution in [2.45, 2.75) is 44.4 Å². The van der Waals surface area contributed by atoms with Gasteiger partial charge < -0.3 is 9.29 Å². The minimum Gasteiger partial charge on any atom is -0.598 e. The Morgan fingerprint density at radius 1 is 1.28 bits per heavy atom. The van der Waals surface area contributed by atoms with E-state index in [0.29, 0.717) is 35.7 Å². The van der Waals surface area contributed by atoms with Crippen LogP contribution in [0.15, 0.2) is 30.6 Å². The van der Waals surface area contributed by atoms with E-state index in [9.17, 15) is 8.94 Å². The standard InChI is InChI=1S/C18H22FN3O2S/c1-12-5-6-13(11-14(12)19)18(22-25(23)17(2,3)4)7-10-24-16-15(18)20-8-9-21-16/h5-6,8-9,11,22H,7,10H2,1-4H3/t18-,25+/m0/s1. The highest BCUT2D eigenvalue weighted by molar-refractivity contribution is 7.90. The topological polar surface area (TPSA) is 70.1 Å². The largest absolute Gasteiger partial charge is 0.598 e. The lowest BCUT2D eigenvalue weighted by Gasteiger charge is -2.39. The fraction of sp³-hybridized carbons (Fsp3) is 0.444. The van der Waals surface area contributed by atoms with Crippen LogP contribution in [0.3, 0.4) is 0 Å². The Labute approximate surface area is 150 Å². The third-order valence-corrected chi connectivity index (χ3v) is 5.92. The van der Waals surface area contributed by atoms with Gasteiger partial charge in [-0.05, 0) is 44.9 Å². The van der Waals surface area contributed by atoms with Crippen molar-refractivity contribution in [2.24, 2.45) is 0 Å². The van der Waals surface area contributed by atoms with E-state index < -0.39 is 21.6 Å². The van der Waals surface area contributed by atoms with Crippen LogP contribution in [-0.2, 0) is 16.9 Å². The first-order chi connectivity index (χ1) is 11.7. The Morgan fingerprint density at radius 2 is 2.00 bits per heavy atom. The third-order valence-electron chi connectivity index (χ3n) is 4.27. The van der Waals surface area contributed by atoms with Gasteiger partial charge in [0.05, 0.1) is 6.61 Å². The van der Waals surface area contributed by atoms with E-state index in [1.165, 1.54) is 6.07 Å². The summed E-state index contributed by atoms with van der Waals surface area (Å²) >= 11 is -1.39. The number of aryl methyl sites for hydroxylation is 1. The average molecular weight is 363 g/mol. The van der Waals surface area contributed by atoms with Gasteiger partial charge in [-0.3, -0.25) is 4.98 Å². The van der Waals surface area contributed by atoms with Crippen LogP contribution >= 0.6 is 0 Å². The van der Waals surface area contributed by atoms with Gasteiger partial charge in [0.1, 0.15) is 21.8 Å². The molecule has 1 aromatic carbocycles. The van der Waals surface area contributed by atoms with Crippen LogP contribution in [0.4, 0.5) is 4.39 Å². The number of hydrogen-bond donors (Lipinski definition) is 1. The Kier molecular flexibility index (Phi) is 4.74. The number of benzene rings is 1. The summed E-state index contributed by atoms with van der Waals surface area (Å²) in [4.78, 5) is 8.66. The van der Waals surface area contributed by atoms with Gasteiger partial charge in [-0.15, -0.1) is 4.72 Å². The van der Waals surface area contributed by atoms with Crippen molar-refractivity contribution < 1.29 is 13.7 Å². The number of rotatable bonds is 3. The zero-order valence-electron chi connectivity index (χ0n) is 14.8. The van der Waals surface area contributed by atoms with Gasteiger partial charge in [-0.2, -0.15) is 0 Å². The summed E-state index contributed by atoms with van der Waals surface area (Å²) in [6.07, 6.45) is 3.59. The maximum absolute atomic E-state index is 14.3. The van der Waals surface area contributed by atoms with Gasteiger partial charge in [-0.1, -0.05) is 12.1 Å². The molecule has 2 heterocycles. The first-order valence-corrected chi connectivity index (χ1v) is 9.30. The van der Waals surface area contributed by atoms with Crippen LogP contribution in [0, 0.1) is 12.7 Å². The molecule has 0 radical (unpaired) electrons. The number of aromatic nitrogens is 2. The fourth-order valence-electron chi connectivity index (χ4n) is 2.75. The zero-order chi connectivity index (χ0) is 18.2. The van der Waals surface area contributed by atoms with Crippen molar-refractivity contribution in [1.29, 1.82) is 0 Å². The Bertz CT molecular complexity index is 781. The van der Waals surface area contributed by atoms with Crippen molar-refractivity contribution in [1.82, 2.24) is 14.7 Å². The Hall–Kier alpha value is -1.70. The summed E-state index contributed by atoms with van der Waals surface area (Å²) in [5, 5.41) is 0. The minimum absolute atomic E-state index is 0.308. The molecule has 1 aromatic heterocycles. The highest BCUT2D eigenvalue weighted by Gasteiger charge is 2.47. The van der Waals surface area contributed by atoms with Crippen molar-refractivity contribution >= 4 is 11.4 Å². The molecule has 0 amide bonds. The summed E-state index contributed by atoms with van der Waals surface area (Å²) < 4.78 is 35.5. The first kappa shape index (κ1) is 18.1. The molecule has 25 heavy (non-hydrogen) atoms. The monoisotopic (exact) mass is 363 g/mol. The van der Waals surface area contributed by atoms with Crippen molar-refractivity contribution in [3.63, 3.8) is 0 Å². The number of fused-ring (bicyclic) bond motifs is 1. The summed E-state index contributed by atoms with van der Waals surface area (Å²) in [7, 11) is 0. The Morgan fingerprint density at radius 3 is 2.68 bits per heavy atom. The maximum Gasteiger partial charge on any atom is 0.238 e. The summed E-state index contributed by atoms with van der Waals surface area (Å²) in [5.74, 6) is 0.0743. The molecule has 0 saturated carbocycles. The maximum atomic E-state index is 14.3. The molecule has 7 heteroatoms. The molecule has 1 aliphatic rings. The van der Waals surface area contributed by atoms with Gasteiger partial charge in [0.25, 0.3) is 0 Å². The molecule has 0 saturated heterocycles. The van der Waals surface area contributed by atoms with Crippen LogP contribution in [0.2, 0.25) is 0 Å². The molecule has 5 nitrogen and oxygen atoms in total. The van der Waals surface area contributed by atoms with E-state index >= 15 is 0 Å². The molecule has 2 atom stereocenters. The van der Waals surface area contributed by atoms with E-state index in [4.69, 9.17) is 4.74 Å². The SMILES string of the molecule is Cc1ccc([C@@]2(N[S@+]([O-])C(C)(C)C)CCOc3nccnc32)cc1F. The summed E-state index contributed by atoms with van der Waals surface area (Å²) in [6.45, 7) is 7.74. The van der Waals surface area contributed by atoms with Gasteiger partial charge in [0.15, 0.2) is 0 Å². The molecule has 2 aromatic rings. The average Bonchev–Trinajstić information content (AvgIpc) is 2.56. The number of ether oxygens (including phenoxy) is 1. The second kappa shape index (κ2) is 6.55. The summed E-state index contributed by atoms with van der Waals surface area (Å²) in [5.41, 5.74) is 0.830. The predicted octanol–water partition coefficient (Wildman–Crippen LogP) is 3.00.